The Bertz CT molecular complexity index is 2030. The normalized spacial score (nSPS) is 12.8. The second kappa shape index (κ2) is 10.5. The molecule has 194 valence electrons. The summed E-state index contributed by atoms with van der Waals surface area (Å²) >= 11 is 1.83. The standard InChI is InChI=1S/C37H30N2S/c1-6-8-13-29-25(5)40-37-28(16-11-17-33(29)37)24(4)23(3)27(12-7-2)26-18-19-32-34(22-26)30-14-9-10-15-31(30)35-36(32)39-21-20-38-35/h6-22H,1,4H2,2-3,5H3/b12-7-,13-8-,27-23-. The van der Waals surface area contributed by atoms with Gasteiger partial charge in [0.2, 0.25) is 0 Å². The lowest BCUT2D eigenvalue weighted by Crippen LogP contribution is -1.93. The molecule has 0 spiro atoms. The summed E-state index contributed by atoms with van der Waals surface area (Å²) in [5.41, 5.74) is 8.81. The number of fused-ring (bicyclic) bond motifs is 7. The van der Waals surface area contributed by atoms with E-state index >= 15 is 0 Å². The van der Waals surface area contributed by atoms with Crippen LogP contribution in [0.4, 0.5) is 0 Å². The summed E-state index contributed by atoms with van der Waals surface area (Å²) in [6.07, 6.45) is 13.8. The van der Waals surface area contributed by atoms with Gasteiger partial charge in [-0.1, -0.05) is 98.1 Å². The third-order valence-electron chi connectivity index (χ3n) is 7.61. The van der Waals surface area contributed by atoms with E-state index in [0.717, 1.165) is 44.1 Å². The Hall–Kier alpha value is -4.60. The van der Waals surface area contributed by atoms with E-state index in [2.05, 4.69) is 118 Å². The predicted octanol–water partition coefficient (Wildman–Crippen LogP) is 10.7. The summed E-state index contributed by atoms with van der Waals surface area (Å²) < 4.78 is 1.27. The summed E-state index contributed by atoms with van der Waals surface area (Å²) in [4.78, 5) is 10.7. The first-order chi connectivity index (χ1) is 19.5. The molecule has 2 aromatic heterocycles. The molecule has 3 heteroatoms. The Morgan fingerprint density at radius 2 is 1.55 bits per heavy atom. The van der Waals surface area contributed by atoms with Crippen LogP contribution in [0.1, 0.15) is 35.4 Å². The number of hydrogen-bond acceptors (Lipinski definition) is 3. The zero-order valence-electron chi connectivity index (χ0n) is 23.0. The molecule has 0 amide bonds. The molecule has 0 unspecified atom stereocenters. The third kappa shape index (κ3) is 4.20. The van der Waals surface area contributed by atoms with E-state index in [1.165, 1.54) is 36.9 Å². The number of aromatic nitrogens is 2. The highest BCUT2D eigenvalue weighted by molar-refractivity contribution is 7.19. The molecule has 0 radical (unpaired) electrons. The molecule has 0 aliphatic rings. The van der Waals surface area contributed by atoms with Crippen LogP contribution in [0.3, 0.4) is 0 Å². The van der Waals surface area contributed by atoms with Gasteiger partial charge in [-0.15, -0.1) is 11.3 Å². The largest absolute Gasteiger partial charge is 0.252 e. The molecule has 0 bridgehead atoms. The van der Waals surface area contributed by atoms with Crippen molar-refractivity contribution in [3.63, 3.8) is 0 Å². The molecule has 0 aliphatic carbocycles. The molecule has 0 N–H and O–H groups in total. The Balaban J connectivity index is 1.56. The molecule has 0 atom stereocenters. The van der Waals surface area contributed by atoms with Crippen LogP contribution in [0.5, 0.6) is 0 Å². The van der Waals surface area contributed by atoms with Crippen LogP contribution in [0, 0.1) is 6.92 Å². The zero-order valence-corrected chi connectivity index (χ0v) is 23.8. The number of rotatable bonds is 6. The van der Waals surface area contributed by atoms with Crippen LogP contribution in [-0.2, 0) is 0 Å². The fourth-order valence-electron chi connectivity index (χ4n) is 5.63. The van der Waals surface area contributed by atoms with Gasteiger partial charge in [0.1, 0.15) is 0 Å². The molecule has 40 heavy (non-hydrogen) atoms. The summed E-state index contributed by atoms with van der Waals surface area (Å²) in [5.74, 6) is 0. The lowest BCUT2D eigenvalue weighted by Gasteiger charge is -2.15. The van der Waals surface area contributed by atoms with Crippen LogP contribution in [-0.4, -0.2) is 9.97 Å². The van der Waals surface area contributed by atoms with Gasteiger partial charge in [-0.3, -0.25) is 9.97 Å². The monoisotopic (exact) mass is 534 g/mol. The van der Waals surface area contributed by atoms with Crippen molar-refractivity contribution in [1.29, 1.82) is 0 Å². The van der Waals surface area contributed by atoms with Gasteiger partial charge in [0.05, 0.1) is 11.0 Å². The van der Waals surface area contributed by atoms with Crippen molar-refractivity contribution in [3.05, 3.63) is 138 Å². The Morgan fingerprint density at radius 1 is 0.850 bits per heavy atom. The first kappa shape index (κ1) is 25.7. The number of hydrogen-bond donors (Lipinski definition) is 0. The first-order valence-electron chi connectivity index (χ1n) is 13.4. The molecule has 2 heterocycles. The average molecular weight is 535 g/mol. The highest BCUT2D eigenvalue weighted by Crippen LogP contribution is 2.41. The Labute approximate surface area is 239 Å². The quantitative estimate of drug-likeness (QED) is 0.157. The molecular formula is C37H30N2S. The molecule has 6 aromatic rings. The summed E-state index contributed by atoms with van der Waals surface area (Å²) in [5, 5.41) is 5.85. The molecule has 0 saturated heterocycles. The van der Waals surface area contributed by atoms with Crippen LogP contribution in [0.25, 0.3) is 59.9 Å². The van der Waals surface area contributed by atoms with Crippen molar-refractivity contribution in [2.75, 3.05) is 0 Å². The van der Waals surface area contributed by atoms with E-state index < -0.39 is 0 Å². The molecule has 0 saturated carbocycles. The second-order valence-corrected chi connectivity index (χ2v) is 11.2. The molecule has 2 nitrogen and oxygen atoms in total. The topological polar surface area (TPSA) is 25.8 Å². The van der Waals surface area contributed by atoms with Crippen molar-refractivity contribution >= 4 is 71.2 Å². The SMILES string of the molecule is C=C/C=C\c1c(C)sc2c(C(=C)/C(C)=C(/C=C\C)c3ccc4c(c3)c3ccccc3c3nccnc43)cccc12. The molecule has 0 fully saturated rings. The third-order valence-corrected chi connectivity index (χ3v) is 8.78. The van der Waals surface area contributed by atoms with Crippen molar-refractivity contribution in [1.82, 2.24) is 9.97 Å². The Morgan fingerprint density at radius 3 is 2.27 bits per heavy atom. The maximum atomic E-state index is 4.72. The first-order valence-corrected chi connectivity index (χ1v) is 14.2. The minimum Gasteiger partial charge on any atom is -0.252 e. The smallest absolute Gasteiger partial charge is 0.0971 e. The molecule has 6 rings (SSSR count). The fourth-order valence-corrected chi connectivity index (χ4v) is 6.82. The zero-order chi connectivity index (χ0) is 27.8. The van der Waals surface area contributed by atoms with E-state index in [4.69, 9.17) is 4.98 Å². The van der Waals surface area contributed by atoms with Gasteiger partial charge in [-0.05, 0) is 71.0 Å². The highest BCUT2D eigenvalue weighted by atomic mass is 32.1. The van der Waals surface area contributed by atoms with Crippen LogP contribution in [0.15, 0.2) is 116 Å². The van der Waals surface area contributed by atoms with Gasteiger partial charge in [0.15, 0.2) is 0 Å². The predicted molar refractivity (Wildman–Crippen MR) is 177 cm³/mol. The number of thiophene rings is 1. The second-order valence-electron chi connectivity index (χ2n) is 9.93. The lowest BCUT2D eigenvalue weighted by atomic mass is 9.89. The van der Waals surface area contributed by atoms with Crippen molar-refractivity contribution in [2.45, 2.75) is 20.8 Å². The van der Waals surface area contributed by atoms with E-state index in [0.29, 0.717) is 0 Å². The van der Waals surface area contributed by atoms with Crippen molar-refractivity contribution < 1.29 is 0 Å². The van der Waals surface area contributed by atoms with Crippen molar-refractivity contribution in [2.24, 2.45) is 0 Å². The van der Waals surface area contributed by atoms with Crippen molar-refractivity contribution in [3.8, 4) is 0 Å². The summed E-state index contributed by atoms with van der Waals surface area (Å²) in [7, 11) is 0. The van der Waals surface area contributed by atoms with Gasteiger partial charge in [-0.25, -0.2) is 0 Å². The van der Waals surface area contributed by atoms with Gasteiger partial charge in [0.25, 0.3) is 0 Å². The fraction of sp³-hybridized carbons (Fsp3) is 0.0811. The molecule has 4 aromatic carbocycles. The van der Waals surface area contributed by atoms with Gasteiger partial charge in [0, 0.05) is 38.1 Å². The van der Waals surface area contributed by atoms with E-state index in [1.807, 2.05) is 23.5 Å². The van der Waals surface area contributed by atoms with E-state index in [-0.39, 0.29) is 0 Å². The number of aryl methyl sites for hydroxylation is 1. The maximum Gasteiger partial charge on any atom is 0.0971 e. The summed E-state index contributed by atoms with van der Waals surface area (Å²) in [6, 6.07) is 21.7. The lowest BCUT2D eigenvalue weighted by molar-refractivity contribution is 1.31. The van der Waals surface area contributed by atoms with Gasteiger partial charge >= 0.3 is 0 Å². The average Bonchev–Trinajstić information content (AvgIpc) is 3.32. The Kier molecular flexibility index (Phi) is 6.75. The minimum atomic E-state index is 0.932. The minimum absolute atomic E-state index is 0.932. The summed E-state index contributed by atoms with van der Waals surface area (Å²) in [6.45, 7) is 14.9. The van der Waals surface area contributed by atoms with Gasteiger partial charge in [-0.2, -0.15) is 0 Å². The van der Waals surface area contributed by atoms with E-state index in [9.17, 15) is 0 Å². The van der Waals surface area contributed by atoms with Gasteiger partial charge < -0.3 is 0 Å². The number of nitrogens with zero attached hydrogens (tertiary/aromatic N) is 2. The molecule has 0 aliphatic heterocycles. The highest BCUT2D eigenvalue weighted by Gasteiger charge is 2.16. The van der Waals surface area contributed by atoms with Crippen LogP contribution < -0.4 is 0 Å². The molecular weight excluding hydrogens is 504 g/mol. The van der Waals surface area contributed by atoms with Crippen LogP contribution in [0.2, 0.25) is 0 Å². The van der Waals surface area contributed by atoms with E-state index in [1.54, 1.807) is 12.4 Å². The maximum absolute atomic E-state index is 4.72. The number of allylic oxidation sites excluding steroid dienone is 7. The van der Waals surface area contributed by atoms with Crippen LogP contribution >= 0.6 is 11.3 Å². The number of benzene rings is 4.